The number of carbonyl (C=O) groups excluding carboxylic acids is 4. The number of rotatable bonds is 29. The Labute approximate surface area is 266 Å². The molecule has 0 unspecified atom stereocenters. The number of carboxylic acids is 3. The Kier molecular flexibility index (Phi) is 23.8. The highest BCUT2D eigenvalue weighted by Crippen LogP contribution is 2.14. The van der Waals surface area contributed by atoms with Gasteiger partial charge in [-0.25, -0.2) is 9.59 Å². The van der Waals surface area contributed by atoms with Gasteiger partial charge >= 0.3 is 17.9 Å². The molecule has 258 valence electrons. The van der Waals surface area contributed by atoms with E-state index in [1.165, 1.54) is 46.0 Å². The molecule has 6 N–H and O–H groups in total. The first-order valence-corrected chi connectivity index (χ1v) is 16.4. The molecule has 0 radical (unpaired) electrons. The molecule has 0 saturated carbocycles. The monoisotopic (exact) mass is 641 g/mol. The van der Waals surface area contributed by atoms with Gasteiger partial charge in [0.1, 0.15) is 12.1 Å². The molecule has 0 aliphatic rings. The molecule has 0 aromatic heterocycles. The highest BCUT2D eigenvalue weighted by molar-refractivity contribution is 5.88. The summed E-state index contributed by atoms with van der Waals surface area (Å²) in [5.41, 5.74) is 0. The molecule has 3 atom stereocenters. The molecule has 0 aliphatic heterocycles. The Morgan fingerprint density at radius 3 is 1.11 bits per heavy atom. The first-order valence-electron chi connectivity index (χ1n) is 16.4. The van der Waals surface area contributed by atoms with Crippen molar-refractivity contribution in [2.45, 2.75) is 160 Å². The van der Waals surface area contributed by atoms with E-state index in [4.69, 9.17) is 5.11 Å². The predicted molar refractivity (Wildman–Crippen MR) is 167 cm³/mol. The maximum Gasteiger partial charge on any atom is 0.326 e. The molecule has 0 saturated heterocycles. The molecular formula is C32H55N3O10. The van der Waals surface area contributed by atoms with Crippen LogP contribution in [0.3, 0.4) is 0 Å². The summed E-state index contributed by atoms with van der Waals surface area (Å²) in [6, 6.07) is -3.37. The molecule has 0 rings (SSSR count). The van der Waals surface area contributed by atoms with Crippen molar-refractivity contribution in [3.63, 3.8) is 0 Å². The third-order valence-electron chi connectivity index (χ3n) is 7.62. The van der Waals surface area contributed by atoms with Gasteiger partial charge in [0.25, 0.3) is 0 Å². The summed E-state index contributed by atoms with van der Waals surface area (Å²) < 4.78 is 0. The van der Waals surface area contributed by atoms with Crippen molar-refractivity contribution in [2.75, 3.05) is 0 Å². The van der Waals surface area contributed by atoms with E-state index in [0.717, 1.165) is 51.4 Å². The summed E-state index contributed by atoms with van der Waals surface area (Å²) >= 11 is 0. The average Bonchev–Trinajstić information content (AvgIpc) is 2.96. The van der Waals surface area contributed by atoms with Crippen LogP contribution in [0.25, 0.3) is 0 Å². The predicted octanol–water partition coefficient (Wildman–Crippen LogP) is 4.11. The summed E-state index contributed by atoms with van der Waals surface area (Å²) in [7, 11) is 0. The zero-order chi connectivity index (χ0) is 34.0. The number of hydrogen-bond donors (Lipinski definition) is 6. The molecule has 0 bridgehead atoms. The van der Waals surface area contributed by atoms with Crippen molar-refractivity contribution in [3.8, 4) is 0 Å². The van der Waals surface area contributed by atoms with Crippen LogP contribution in [0.5, 0.6) is 0 Å². The summed E-state index contributed by atoms with van der Waals surface area (Å²) in [5.74, 6) is -5.29. The molecule has 0 aliphatic carbocycles. The molecule has 0 heterocycles. The number of carbonyl (C=O) groups is 7. The van der Waals surface area contributed by atoms with Crippen LogP contribution in [0.15, 0.2) is 0 Å². The van der Waals surface area contributed by atoms with Crippen LogP contribution in [0.2, 0.25) is 0 Å². The lowest BCUT2D eigenvalue weighted by Gasteiger charge is -2.17. The van der Waals surface area contributed by atoms with Crippen molar-refractivity contribution in [2.24, 2.45) is 0 Å². The molecule has 0 aromatic carbocycles. The fourth-order valence-corrected chi connectivity index (χ4v) is 4.70. The third-order valence-corrected chi connectivity index (χ3v) is 7.62. The van der Waals surface area contributed by atoms with E-state index in [-0.39, 0.29) is 44.3 Å². The van der Waals surface area contributed by atoms with E-state index in [2.05, 4.69) is 16.0 Å². The van der Waals surface area contributed by atoms with Gasteiger partial charge in [0.2, 0.25) is 17.7 Å². The second-order valence-corrected chi connectivity index (χ2v) is 11.7. The van der Waals surface area contributed by atoms with E-state index in [1.807, 2.05) is 0 Å². The maximum atomic E-state index is 12.3. The summed E-state index contributed by atoms with van der Waals surface area (Å²) in [4.78, 5) is 81.3. The van der Waals surface area contributed by atoms with Crippen LogP contribution in [-0.2, 0) is 33.6 Å². The van der Waals surface area contributed by atoms with Crippen LogP contribution >= 0.6 is 0 Å². The largest absolute Gasteiger partial charge is 0.481 e. The Balaban J connectivity index is 4.06. The number of amides is 3. The zero-order valence-corrected chi connectivity index (χ0v) is 27.1. The van der Waals surface area contributed by atoms with Crippen LogP contribution in [0.4, 0.5) is 0 Å². The van der Waals surface area contributed by atoms with Gasteiger partial charge in [0, 0.05) is 25.7 Å². The van der Waals surface area contributed by atoms with E-state index in [9.17, 15) is 43.8 Å². The molecule has 13 heteroatoms. The molecule has 0 aromatic rings. The molecule has 45 heavy (non-hydrogen) atoms. The van der Waals surface area contributed by atoms with Gasteiger partial charge < -0.3 is 31.3 Å². The topological polar surface area (TPSA) is 216 Å². The van der Waals surface area contributed by atoms with Crippen LogP contribution in [-0.4, -0.2) is 74.9 Å². The highest BCUT2D eigenvalue weighted by Gasteiger charge is 2.24. The number of carboxylic acid groups (broad SMARTS) is 3. The Morgan fingerprint density at radius 2 is 0.778 bits per heavy atom. The fraction of sp³-hybridized carbons (Fsp3) is 0.781. The van der Waals surface area contributed by atoms with E-state index in [0.29, 0.717) is 6.42 Å². The molecule has 13 nitrogen and oxygen atoms in total. The maximum absolute atomic E-state index is 12.3. The van der Waals surface area contributed by atoms with Gasteiger partial charge in [-0.2, -0.15) is 0 Å². The van der Waals surface area contributed by atoms with Crippen molar-refractivity contribution >= 4 is 41.4 Å². The first kappa shape index (κ1) is 41.5. The van der Waals surface area contributed by atoms with Crippen LogP contribution in [0.1, 0.15) is 142 Å². The van der Waals surface area contributed by atoms with Gasteiger partial charge in [0.15, 0.2) is 5.78 Å². The zero-order valence-electron chi connectivity index (χ0n) is 27.1. The lowest BCUT2D eigenvalue weighted by Crippen LogP contribution is -2.44. The lowest BCUT2D eigenvalue weighted by molar-refractivity contribution is -0.143. The number of Topliss-reactive ketones (excluding diaryl/α,β-unsaturated/α-hetero) is 1. The van der Waals surface area contributed by atoms with Gasteiger partial charge in [0.05, 0.1) is 6.04 Å². The van der Waals surface area contributed by atoms with E-state index >= 15 is 0 Å². The Bertz CT molecular complexity index is 940. The van der Waals surface area contributed by atoms with Crippen molar-refractivity contribution in [1.82, 2.24) is 16.0 Å². The van der Waals surface area contributed by atoms with E-state index < -0.39 is 53.8 Å². The number of nitrogens with one attached hydrogen (secondary N) is 3. The summed E-state index contributed by atoms with van der Waals surface area (Å²) in [5, 5.41) is 34.6. The quantitative estimate of drug-likeness (QED) is 0.0643. The molecular weight excluding hydrogens is 586 g/mol. The minimum atomic E-state index is -1.37. The smallest absolute Gasteiger partial charge is 0.326 e. The minimum absolute atomic E-state index is 0.178. The Hall–Kier alpha value is -3.51. The highest BCUT2D eigenvalue weighted by atomic mass is 16.4. The number of hydrogen-bond acceptors (Lipinski definition) is 7. The van der Waals surface area contributed by atoms with Crippen LogP contribution in [0, 0.1) is 0 Å². The second kappa shape index (κ2) is 25.8. The SMILES string of the molecule is CC(=O)[C@H](C)NC(=O)CC[C@H](NC(=O)CC[C@H](NC(=O)CCCCCCCCCCCCCCCCC(=O)O)C(=O)O)C(=O)O. The van der Waals surface area contributed by atoms with Gasteiger partial charge in [-0.15, -0.1) is 0 Å². The third kappa shape index (κ3) is 24.5. The number of unbranched alkanes of at least 4 members (excludes halogenated alkanes) is 13. The molecule has 0 spiro atoms. The summed E-state index contributed by atoms with van der Waals surface area (Å²) in [6.45, 7) is 2.81. The summed E-state index contributed by atoms with van der Waals surface area (Å²) in [6.07, 6.45) is 14.2. The average molecular weight is 642 g/mol. The van der Waals surface area contributed by atoms with E-state index in [1.54, 1.807) is 0 Å². The second-order valence-electron chi connectivity index (χ2n) is 11.7. The first-order chi connectivity index (χ1) is 21.3. The Morgan fingerprint density at radius 1 is 0.467 bits per heavy atom. The number of ketones is 1. The lowest BCUT2D eigenvalue weighted by atomic mass is 10.0. The van der Waals surface area contributed by atoms with Gasteiger partial charge in [-0.1, -0.05) is 77.0 Å². The van der Waals surface area contributed by atoms with Crippen molar-refractivity contribution < 1.29 is 48.9 Å². The van der Waals surface area contributed by atoms with Crippen molar-refractivity contribution in [1.29, 1.82) is 0 Å². The standard InChI is InChI=1S/C32H55N3O10/c1-23(24(2)36)33-28(38)21-19-26(32(44)45)35-29(39)22-20-25(31(42)43)34-27(37)17-15-13-11-9-7-5-3-4-6-8-10-12-14-16-18-30(40)41/h23,25-26H,3-22H2,1-2H3,(H,33,38)(H,34,37)(H,35,39)(H,40,41)(H,42,43)(H,44,45)/t23-,25-,26-/m0/s1. The molecule has 0 fully saturated rings. The van der Waals surface area contributed by atoms with Gasteiger partial charge in [-0.3, -0.25) is 24.0 Å². The minimum Gasteiger partial charge on any atom is -0.481 e. The molecule has 3 amide bonds. The van der Waals surface area contributed by atoms with Gasteiger partial charge in [-0.05, 0) is 39.5 Å². The fourth-order valence-electron chi connectivity index (χ4n) is 4.70. The number of aliphatic carboxylic acids is 3. The van der Waals surface area contributed by atoms with Crippen LogP contribution < -0.4 is 16.0 Å². The normalized spacial score (nSPS) is 12.8. The van der Waals surface area contributed by atoms with Crippen molar-refractivity contribution in [3.05, 3.63) is 0 Å².